The average molecular weight is 311 g/mol. The van der Waals surface area contributed by atoms with E-state index in [1.54, 1.807) is 7.05 Å². The van der Waals surface area contributed by atoms with Crippen LogP contribution in [0.2, 0.25) is 0 Å². The minimum absolute atomic E-state index is 0.179. The molecule has 2 aliphatic rings. The molecule has 0 aromatic heterocycles. The molecule has 2 N–H and O–H groups in total. The second kappa shape index (κ2) is 8.53. The highest BCUT2D eigenvalue weighted by Gasteiger charge is 2.40. The molecule has 0 saturated heterocycles. The van der Waals surface area contributed by atoms with E-state index >= 15 is 0 Å². The van der Waals surface area contributed by atoms with Gasteiger partial charge >= 0.3 is 0 Å². The predicted octanol–water partition coefficient (Wildman–Crippen LogP) is 2.20. The third-order valence-corrected chi connectivity index (χ3v) is 4.85. The number of allylic oxidation sites excluding steroid dienone is 1. The summed E-state index contributed by atoms with van der Waals surface area (Å²) >= 11 is 0. The number of likely N-dealkylation sites (N-methyl/N-ethyl adjacent to an activating group) is 1. The van der Waals surface area contributed by atoms with Crippen LogP contribution in [0.4, 0.5) is 0 Å². The number of ether oxygens (including phenoxy) is 2. The van der Waals surface area contributed by atoms with E-state index in [9.17, 15) is 9.90 Å². The lowest BCUT2D eigenvalue weighted by Crippen LogP contribution is -2.41. The predicted molar refractivity (Wildman–Crippen MR) is 83.9 cm³/mol. The van der Waals surface area contributed by atoms with E-state index in [1.165, 1.54) is 25.7 Å². The third kappa shape index (κ3) is 4.02. The van der Waals surface area contributed by atoms with Gasteiger partial charge in [-0.25, -0.2) is 0 Å². The summed E-state index contributed by atoms with van der Waals surface area (Å²) in [5, 5.41) is 11.8. The first-order chi connectivity index (χ1) is 10.7. The minimum atomic E-state index is -0.389. The van der Waals surface area contributed by atoms with Crippen LogP contribution in [0.1, 0.15) is 45.4 Å². The van der Waals surface area contributed by atoms with Crippen LogP contribution in [0.3, 0.4) is 0 Å². The lowest BCUT2D eigenvalue weighted by molar-refractivity contribution is -0.175. The van der Waals surface area contributed by atoms with Gasteiger partial charge in [0.05, 0.1) is 0 Å². The highest BCUT2D eigenvalue weighted by atomic mass is 16.7. The normalized spacial score (nSPS) is 29.0. The molecule has 0 unspecified atom stereocenters. The number of rotatable bonds is 7. The molecule has 1 saturated carbocycles. The number of hydrogen-bond donors (Lipinski definition) is 2. The number of amides is 1. The van der Waals surface area contributed by atoms with Gasteiger partial charge in [0.1, 0.15) is 0 Å². The molecular formula is C17H29NO4. The number of carbonyl (C=O) groups is 1. The Balaban J connectivity index is 2.23. The summed E-state index contributed by atoms with van der Waals surface area (Å²) in [5.41, 5.74) is 0. The Labute approximate surface area is 133 Å². The Morgan fingerprint density at radius 2 is 2.18 bits per heavy atom. The first kappa shape index (κ1) is 17.3. The molecule has 1 heterocycles. The van der Waals surface area contributed by atoms with Crippen molar-refractivity contribution in [2.45, 2.75) is 51.7 Å². The molecule has 0 spiro atoms. The van der Waals surface area contributed by atoms with Crippen LogP contribution in [0.25, 0.3) is 0 Å². The monoisotopic (exact) mass is 311 g/mol. The molecule has 0 aromatic rings. The third-order valence-electron chi connectivity index (χ3n) is 4.85. The van der Waals surface area contributed by atoms with Crippen LogP contribution in [0.15, 0.2) is 11.8 Å². The maximum absolute atomic E-state index is 12.0. The number of aliphatic hydroxyl groups is 1. The summed E-state index contributed by atoms with van der Waals surface area (Å²) in [6, 6.07) is 0. The quantitative estimate of drug-likeness (QED) is 0.756. The van der Waals surface area contributed by atoms with Gasteiger partial charge in [-0.3, -0.25) is 4.79 Å². The van der Waals surface area contributed by atoms with Gasteiger partial charge in [-0.15, -0.1) is 0 Å². The minimum Gasteiger partial charge on any atom is -0.459 e. The summed E-state index contributed by atoms with van der Waals surface area (Å²) in [5.74, 6) is 1.30. The number of aliphatic hydroxyl groups excluding tert-OH is 1. The molecule has 1 aliphatic heterocycles. The Morgan fingerprint density at radius 1 is 1.45 bits per heavy atom. The van der Waals surface area contributed by atoms with E-state index in [1.807, 2.05) is 13.0 Å². The van der Waals surface area contributed by atoms with Crippen LogP contribution >= 0.6 is 0 Å². The SMILES string of the molecule is CCO[C@@H]1OC(C(=O)NC)=C[C@H](C2CCCC2)[C@H]1CCCO. The molecule has 5 nitrogen and oxygen atoms in total. The fourth-order valence-corrected chi connectivity index (χ4v) is 3.79. The summed E-state index contributed by atoms with van der Waals surface area (Å²) < 4.78 is 11.6. The van der Waals surface area contributed by atoms with Crippen molar-refractivity contribution < 1.29 is 19.4 Å². The van der Waals surface area contributed by atoms with Crippen molar-refractivity contribution in [2.24, 2.45) is 17.8 Å². The van der Waals surface area contributed by atoms with Crippen LogP contribution in [-0.2, 0) is 14.3 Å². The van der Waals surface area contributed by atoms with Crippen molar-refractivity contribution in [1.29, 1.82) is 0 Å². The van der Waals surface area contributed by atoms with Crippen molar-refractivity contribution in [2.75, 3.05) is 20.3 Å². The number of carbonyl (C=O) groups excluding carboxylic acids is 1. The maximum atomic E-state index is 12.0. The zero-order chi connectivity index (χ0) is 15.9. The highest BCUT2D eigenvalue weighted by Crippen LogP contribution is 2.43. The van der Waals surface area contributed by atoms with Crippen molar-refractivity contribution in [3.05, 3.63) is 11.8 Å². The first-order valence-corrected chi connectivity index (χ1v) is 8.54. The zero-order valence-electron chi connectivity index (χ0n) is 13.7. The molecule has 126 valence electrons. The summed E-state index contributed by atoms with van der Waals surface area (Å²) in [6.45, 7) is 2.67. The van der Waals surface area contributed by atoms with E-state index < -0.39 is 0 Å². The van der Waals surface area contributed by atoms with Crippen molar-refractivity contribution >= 4 is 5.91 Å². The van der Waals surface area contributed by atoms with Crippen LogP contribution in [-0.4, -0.2) is 37.6 Å². The van der Waals surface area contributed by atoms with E-state index in [2.05, 4.69) is 5.32 Å². The maximum Gasteiger partial charge on any atom is 0.285 e. The van der Waals surface area contributed by atoms with Crippen molar-refractivity contribution in [3.8, 4) is 0 Å². The summed E-state index contributed by atoms with van der Waals surface area (Å²) in [7, 11) is 1.62. The van der Waals surface area contributed by atoms with Crippen LogP contribution in [0, 0.1) is 17.8 Å². The van der Waals surface area contributed by atoms with E-state index in [0.29, 0.717) is 24.2 Å². The topological polar surface area (TPSA) is 67.8 Å². The number of nitrogens with one attached hydrogen (secondary N) is 1. The average Bonchev–Trinajstić information content (AvgIpc) is 3.06. The van der Waals surface area contributed by atoms with Crippen molar-refractivity contribution in [3.63, 3.8) is 0 Å². The van der Waals surface area contributed by atoms with Gasteiger partial charge in [-0.05, 0) is 50.5 Å². The van der Waals surface area contributed by atoms with Gasteiger partial charge in [-0.1, -0.05) is 12.8 Å². The molecule has 1 fully saturated rings. The smallest absolute Gasteiger partial charge is 0.285 e. The van der Waals surface area contributed by atoms with Gasteiger partial charge in [0.25, 0.3) is 5.91 Å². The van der Waals surface area contributed by atoms with Crippen molar-refractivity contribution in [1.82, 2.24) is 5.32 Å². The molecule has 3 atom stereocenters. The molecular weight excluding hydrogens is 282 g/mol. The molecule has 0 aromatic carbocycles. The fraction of sp³-hybridized carbons (Fsp3) is 0.824. The lowest BCUT2D eigenvalue weighted by atomic mass is 9.76. The summed E-state index contributed by atoms with van der Waals surface area (Å²) in [6.07, 6.45) is 8.15. The summed E-state index contributed by atoms with van der Waals surface area (Å²) in [4.78, 5) is 12.0. The van der Waals surface area contributed by atoms with E-state index in [0.717, 1.165) is 12.8 Å². The zero-order valence-corrected chi connectivity index (χ0v) is 13.7. The van der Waals surface area contributed by atoms with Crippen LogP contribution in [0.5, 0.6) is 0 Å². The Hall–Kier alpha value is -1.07. The Kier molecular flexibility index (Phi) is 6.70. The molecule has 0 bridgehead atoms. The second-order valence-electron chi connectivity index (χ2n) is 6.20. The Morgan fingerprint density at radius 3 is 2.77 bits per heavy atom. The molecule has 5 heteroatoms. The van der Waals surface area contributed by atoms with Gasteiger partial charge in [0.15, 0.2) is 5.76 Å². The standard InChI is InChI=1S/C17H29NO4/c1-3-21-17-13(9-6-10-19)14(12-7-4-5-8-12)11-15(22-17)16(20)18-2/h11-14,17,19H,3-10H2,1-2H3,(H,18,20)/t13-,14-,17-/m1/s1. The lowest BCUT2D eigenvalue weighted by Gasteiger charge is -2.39. The van der Waals surface area contributed by atoms with Gasteiger partial charge in [0, 0.05) is 26.2 Å². The van der Waals surface area contributed by atoms with Gasteiger partial charge < -0.3 is 19.9 Å². The van der Waals surface area contributed by atoms with E-state index in [-0.39, 0.29) is 24.7 Å². The largest absolute Gasteiger partial charge is 0.459 e. The number of hydrogen-bond acceptors (Lipinski definition) is 4. The molecule has 22 heavy (non-hydrogen) atoms. The molecule has 1 amide bonds. The molecule has 2 rings (SSSR count). The van der Waals surface area contributed by atoms with E-state index in [4.69, 9.17) is 9.47 Å². The van der Waals surface area contributed by atoms with Gasteiger partial charge in [0.2, 0.25) is 6.29 Å². The molecule has 0 radical (unpaired) electrons. The molecule has 1 aliphatic carbocycles. The van der Waals surface area contributed by atoms with Gasteiger partial charge in [-0.2, -0.15) is 0 Å². The first-order valence-electron chi connectivity index (χ1n) is 8.54. The Bertz CT molecular complexity index is 390. The van der Waals surface area contributed by atoms with Crippen LogP contribution < -0.4 is 5.32 Å². The fourth-order valence-electron chi connectivity index (χ4n) is 3.79. The highest BCUT2D eigenvalue weighted by molar-refractivity contribution is 5.91. The second-order valence-corrected chi connectivity index (χ2v) is 6.20.